The van der Waals surface area contributed by atoms with Gasteiger partial charge in [0.05, 0.1) is 0 Å². The molecule has 1 aromatic carbocycles. The van der Waals surface area contributed by atoms with E-state index < -0.39 is 0 Å². The molecule has 1 heterocycles. The van der Waals surface area contributed by atoms with E-state index in [1.54, 1.807) is 18.4 Å². The van der Waals surface area contributed by atoms with E-state index in [1.165, 1.54) is 4.88 Å². The number of rotatable bonds is 7. The Morgan fingerprint density at radius 3 is 2.64 bits per heavy atom. The van der Waals surface area contributed by atoms with E-state index >= 15 is 0 Å². The first kappa shape index (κ1) is 16.5. The van der Waals surface area contributed by atoms with E-state index in [4.69, 9.17) is 9.47 Å². The second-order valence-corrected chi connectivity index (χ2v) is 6.35. The van der Waals surface area contributed by atoms with Gasteiger partial charge in [-0.25, -0.2) is 0 Å². The second kappa shape index (κ2) is 7.96. The zero-order valence-corrected chi connectivity index (χ0v) is 13.9. The largest absolute Gasteiger partial charge is 0.484 e. The fourth-order valence-electron chi connectivity index (χ4n) is 2.05. The molecule has 0 spiro atoms. The summed E-state index contributed by atoms with van der Waals surface area (Å²) in [6.07, 6.45) is -0.124. The van der Waals surface area contributed by atoms with E-state index in [-0.39, 0.29) is 18.6 Å². The Morgan fingerprint density at radius 1 is 1.23 bits per heavy atom. The standard InChI is InChI=1S/C17H21NO3S/c1-12-6-4-5-7-14(12)21-11-17(19)18-10-15(20-3)16-9-8-13(2)22-16/h4-9,15H,10-11H2,1-3H3,(H,18,19). The molecule has 118 valence electrons. The minimum atomic E-state index is -0.154. The van der Waals surface area contributed by atoms with Crippen molar-refractivity contribution in [2.45, 2.75) is 20.0 Å². The first-order chi connectivity index (χ1) is 10.6. The number of carbonyl (C=O) groups excluding carboxylic acids is 1. The third-order valence-electron chi connectivity index (χ3n) is 3.30. The van der Waals surface area contributed by atoms with Gasteiger partial charge in [0, 0.05) is 23.4 Å². The monoisotopic (exact) mass is 319 g/mol. The smallest absolute Gasteiger partial charge is 0.258 e. The van der Waals surface area contributed by atoms with E-state index in [2.05, 4.69) is 18.3 Å². The lowest BCUT2D eigenvalue weighted by molar-refractivity contribution is -0.123. The quantitative estimate of drug-likeness (QED) is 0.852. The van der Waals surface area contributed by atoms with Crippen molar-refractivity contribution >= 4 is 17.2 Å². The maximum absolute atomic E-state index is 11.9. The summed E-state index contributed by atoms with van der Waals surface area (Å²) in [7, 11) is 1.65. The molecule has 4 nitrogen and oxygen atoms in total. The van der Waals surface area contributed by atoms with Crippen LogP contribution in [0.2, 0.25) is 0 Å². The number of methoxy groups -OCH3 is 1. The van der Waals surface area contributed by atoms with Crippen molar-refractivity contribution in [1.82, 2.24) is 5.32 Å². The van der Waals surface area contributed by atoms with Gasteiger partial charge in [-0.05, 0) is 37.6 Å². The number of para-hydroxylation sites is 1. The average Bonchev–Trinajstić information content (AvgIpc) is 2.93. The van der Waals surface area contributed by atoms with E-state index in [0.29, 0.717) is 6.54 Å². The molecule has 1 unspecified atom stereocenters. The lowest BCUT2D eigenvalue weighted by Gasteiger charge is -2.15. The van der Waals surface area contributed by atoms with Gasteiger partial charge in [-0.15, -0.1) is 11.3 Å². The van der Waals surface area contributed by atoms with Crippen LogP contribution in [0.4, 0.5) is 0 Å². The van der Waals surface area contributed by atoms with Gasteiger partial charge < -0.3 is 14.8 Å². The van der Waals surface area contributed by atoms with Gasteiger partial charge in [0.15, 0.2) is 6.61 Å². The Kier molecular flexibility index (Phi) is 5.98. The molecule has 1 atom stereocenters. The predicted octanol–water partition coefficient (Wildman–Crippen LogP) is 3.25. The number of nitrogens with one attached hydrogen (secondary N) is 1. The van der Waals surface area contributed by atoms with Crippen LogP contribution in [0, 0.1) is 13.8 Å². The molecule has 0 radical (unpaired) electrons. The third kappa shape index (κ3) is 4.58. The third-order valence-corrected chi connectivity index (χ3v) is 4.39. The molecular weight excluding hydrogens is 298 g/mol. The summed E-state index contributed by atoms with van der Waals surface area (Å²) in [5, 5.41) is 2.85. The number of hydrogen-bond donors (Lipinski definition) is 1. The summed E-state index contributed by atoms with van der Waals surface area (Å²) in [5.74, 6) is 0.577. The zero-order chi connectivity index (χ0) is 15.9. The van der Waals surface area contributed by atoms with Gasteiger partial charge in [0.1, 0.15) is 11.9 Å². The number of carbonyl (C=O) groups is 1. The van der Waals surface area contributed by atoms with Crippen molar-refractivity contribution < 1.29 is 14.3 Å². The van der Waals surface area contributed by atoms with Gasteiger partial charge >= 0.3 is 0 Å². The molecule has 0 aliphatic rings. The average molecular weight is 319 g/mol. The Labute approximate surface area is 135 Å². The Balaban J connectivity index is 1.81. The highest BCUT2D eigenvalue weighted by molar-refractivity contribution is 7.12. The highest BCUT2D eigenvalue weighted by atomic mass is 32.1. The molecule has 0 aliphatic heterocycles. The number of aryl methyl sites for hydroxylation is 2. The molecule has 22 heavy (non-hydrogen) atoms. The van der Waals surface area contributed by atoms with Crippen molar-refractivity contribution in [3.63, 3.8) is 0 Å². The van der Waals surface area contributed by atoms with E-state index in [1.807, 2.05) is 37.3 Å². The summed E-state index contributed by atoms with van der Waals surface area (Å²) in [5.41, 5.74) is 1.01. The van der Waals surface area contributed by atoms with Crippen LogP contribution in [0.5, 0.6) is 5.75 Å². The zero-order valence-electron chi connectivity index (χ0n) is 13.1. The van der Waals surface area contributed by atoms with Crippen molar-refractivity contribution in [3.05, 3.63) is 51.7 Å². The highest BCUT2D eigenvalue weighted by Crippen LogP contribution is 2.24. The number of benzene rings is 1. The maximum Gasteiger partial charge on any atom is 0.258 e. The first-order valence-electron chi connectivity index (χ1n) is 7.14. The molecule has 5 heteroatoms. The van der Waals surface area contributed by atoms with E-state index in [9.17, 15) is 4.79 Å². The van der Waals surface area contributed by atoms with Crippen LogP contribution in [0.25, 0.3) is 0 Å². The molecule has 1 amide bonds. The first-order valence-corrected chi connectivity index (χ1v) is 7.96. The minimum absolute atomic E-state index is 0.00472. The van der Waals surface area contributed by atoms with Gasteiger partial charge in [-0.3, -0.25) is 4.79 Å². The second-order valence-electron chi connectivity index (χ2n) is 5.03. The number of hydrogen-bond acceptors (Lipinski definition) is 4. The molecule has 0 saturated carbocycles. The number of thiophene rings is 1. The fourth-order valence-corrected chi connectivity index (χ4v) is 3.00. The Morgan fingerprint density at radius 2 is 2.00 bits per heavy atom. The topological polar surface area (TPSA) is 47.6 Å². The molecule has 0 fully saturated rings. The van der Waals surface area contributed by atoms with Gasteiger partial charge in [-0.2, -0.15) is 0 Å². The highest BCUT2D eigenvalue weighted by Gasteiger charge is 2.14. The van der Waals surface area contributed by atoms with Crippen molar-refractivity contribution in [3.8, 4) is 5.75 Å². The van der Waals surface area contributed by atoms with Crippen LogP contribution in [-0.2, 0) is 9.53 Å². The number of amides is 1. The normalized spacial score (nSPS) is 12.0. The summed E-state index contributed by atoms with van der Waals surface area (Å²) >= 11 is 1.68. The van der Waals surface area contributed by atoms with E-state index in [0.717, 1.165) is 16.2 Å². The lowest BCUT2D eigenvalue weighted by atomic mass is 10.2. The molecule has 0 aliphatic carbocycles. The molecular formula is C17H21NO3S. The summed E-state index contributed by atoms with van der Waals surface area (Å²) in [4.78, 5) is 14.2. The number of ether oxygens (including phenoxy) is 2. The molecule has 0 bridgehead atoms. The molecule has 1 N–H and O–H groups in total. The summed E-state index contributed by atoms with van der Waals surface area (Å²) < 4.78 is 11.0. The predicted molar refractivity (Wildman–Crippen MR) is 88.5 cm³/mol. The minimum Gasteiger partial charge on any atom is -0.484 e. The Hall–Kier alpha value is -1.85. The summed E-state index contributed by atoms with van der Waals surface area (Å²) in [6.45, 7) is 4.44. The van der Waals surface area contributed by atoms with Crippen LogP contribution in [0.15, 0.2) is 36.4 Å². The molecule has 1 aromatic heterocycles. The van der Waals surface area contributed by atoms with Crippen molar-refractivity contribution in [2.75, 3.05) is 20.3 Å². The van der Waals surface area contributed by atoms with Gasteiger partial charge in [0.25, 0.3) is 5.91 Å². The fraction of sp³-hybridized carbons (Fsp3) is 0.353. The maximum atomic E-state index is 11.9. The molecule has 2 aromatic rings. The molecule has 0 saturated heterocycles. The van der Waals surface area contributed by atoms with Crippen molar-refractivity contribution in [2.24, 2.45) is 0 Å². The molecule has 2 rings (SSSR count). The Bertz CT molecular complexity index is 624. The van der Waals surface area contributed by atoms with Gasteiger partial charge in [0.2, 0.25) is 0 Å². The van der Waals surface area contributed by atoms with Crippen LogP contribution in [-0.4, -0.2) is 26.2 Å². The van der Waals surface area contributed by atoms with Gasteiger partial charge in [-0.1, -0.05) is 18.2 Å². The van der Waals surface area contributed by atoms with Crippen LogP contribution in [0.3, 0.4) is 0 Å². The SMILES string of the molecule is COC(CNC(=O)COc1ccccc1C)c1ccc(C)s1. The van der Waals surface area contributed by atoms with Crippen molar-refractivity contribution in [1.29, 1.82) is 0 Å². The summed E-state index contributed by atoms with van der Waals surface area (Å²) in [6, 6.07) is 11.7. The van der Waals surface area contributed by atoms with Crippen LogP contribution < -0.4 is 10.1 Å². The van der Waals surface area contributed by atoms with Crippen LogP contribution in [0.1, 0.15) is 21.4 Å². The van der Waals surface area contributed by atoms with Crippen LogP contribution >= 0.6 is 11.3 Å². The lowest BCUT2D eigenvalue weighted by Crippen LogP contribution is -2.32.